The van der Waals surface area contributed by atoms with Gasteiger partial charge in [0.15, 0.2) is 0 Å². The predicted octanol–water partition coefficient (Wildman–Crippen LogP) is 1.12. The molecular formula is C11H11FO4. The topological polar surface area (TPSA) is 52.6 Å². The summed E-state index contributed by atoms with van der Waals surface area (Å²) in [5, 5.41) is 0. The van der Waals surface area contributed by atoms with E-state index in [1.54, 1.807) is 0 Å². The summed E-state index contributed by atoms with van der Waals surface area (Å²) in [5.74, 6) is -2.00. The van der Waals surface area contributed by atoms with E-state index < -0.39 is 17.6 Å². The number of rotatable bonds is 4. The van der Waals surface area contributed by atoms with Gasteiger partial charge in [-0.2, -0.15) is 0 Å². The minimum atomic E-state index is -0.977. The Labute approximate surface area is 92.0 Å². The van der Waals surface area contributed by atoms with Crippen molar-refractivity contribution >= 4 is 11.8 Å². The summed E-state index contributed by atoms with van der Waals surface area (Å²) >= 11 is 0. The van der Waals surface area contributed by atoms with Crippen LogP contribution in [0.4, 0.5) is 4.39 Å². The van der Waals surface area contributed by atoms with Crippen LogP contribution in [0.3, 0.4) is 0 Å². The van der Waals surface area contributed by atoms with Crippen molar-refractivity contribution < 1.29 is 23.5 Å². The smallest absolute Gasteiger partial charge is 0.374 e. The van der Waals surface area contributed by atoms with Crippen LogP contribution in [-0.2, 0) is 20.7 Å². The molecule has 1 aromatic rings. The number of ether oxygens (including phenoxy) is 2. The Bertz CT molecular complexity index is 414. The number of esters is 1. The fraction of sp³-hybridized carbons (Fsp3) is 0.273. The summed E-state index contributed by atoms with van der Waals surface area (Å²) in [4.78, 5) is 22.0. The molecule has 0 heterocycles. The lowest BCUT2D eigenvalue weighted by molar-refractivity contribution is -0.151. The third-order valence-corrected chi connectivity index (χ3v) is 2.02. The molecule has 5 heteroatoms. The van der Waals surface area contributed by atoms with Gasteiger partial charge in [0.2, 0.25) is 5.78 Å². The summed E-state index contributed by atoms with van der Waals surface area (Å²) in [6, 6.07) is 4.07. The molecule has 0 aliphatic carbocycles. The molecule has 0 bridgehead atoms. The molecule has 0 saturated carbocycles. The first-order valence-electron chi connectivity index (χ1n) is 4.52. The van der Waals surface area contributed by atoms with Crippen molar-refractivity contribution in [2.45, 2.75) is 6.42 Å². The first-order chi connectivity index (χ1) is 7.58. The Morgan fingerprint density at radius 1 is 1.31 bits per heavy atom. The van der Waals surface area contributed by atoms with E-state index in [0.29, 0.717) is 5.75 Å². The van der Waals surface area contributed by atoms with Crippen LogP contribution in [0, 0.1) is 5.82 Å². The van der Waals surface area contributed by atoms with Gasteiger partial charge in [-0.1, -0.05) is 6.07 Å². The number of hydrogen-bond acceptors (Lipinski definition) is 4. The molecule has 86 valence electrons. The molecule has 0 amide bonds. The average Bonchev–Trinajstić information content (AvgIpc) is 2.30. The maximum absolute atomic E-state index is 13.4. The number of carbonyl (C=O) groups excluding carboxylic acids is 2. The van der Waals surface area contributed by atoms with Gasteiger partial charge in [0.25, 0.3) is 0 Å². The van der Waals surface area contributed by atoms with E-state index >= 15 is 0 Å². The van der Waals surface area contributed by atoms with E-state index in [0.717, 1.165) is 13.2 Å². The summed E-state index contributed by atoms with van der Waals surface area (Å²) in [7, 11) is 2.51. The third-order valence-electron chi connectivity index (χ3n) is 2.02. The maximum atomic E-state index is 13.4. The highest BCUT2D eigenvalue weighted by molar-refractivity contribution is 6.34. The molecule has 1 aromatic carbocycles. The van der Waals surface area contributed by atoms with Crippen LogP contribution < -0.4 is 4.74 Å². The van der Waals surface area contributed by atoms with Crippen LogP contribution in [0.5, 0.6) is 5.75 Å². The normalized spacial score (nSPS) is 9.69. The van der Waals surface area contributed by atoms with E-state index in [2.05, 4.69) is 4.74 Å². The van der Waals surface area contributed by atoms with Crippen LogP contribution in [0.25, 0.3) is 0 Å². The number of halogens is 1. The second-order valence-corrected chi connectivity index (χ2v) is 3.05. The predicted molar refractivity (Wildman–Crippen MR) is 53.7 cm³/mol. The zero-order chi connectivity index (χ0) is 12.1. The number of ketones is 1. The molecule has 0 atom stereocenters. The quantitative estimate of drug-likeness (QED) is 0.570. The molecule has 0 spiro atoms. The molecule has 0 radical (unpaired) electrons. The van der Waals surface area contributed by atoms with Crippen molar-refractivity contribution in [1.29, 1.82) is 0 Å². The monoisotopic (exact) mass is 226 g/mol. The van der Waals surface area contributed by atoms with Gasteiger partial charge in [-0.05, 0) is 11.6 Å². The van der Waals surface area contributed by atoms with Crippen LogP contribution in [0.1, 0.15) is 5.56 Å². The van der Waals surface area contributed by atoms with Gasteiger partial charge in [-0.3, -0.25) is 4.79 Å². The van der Waals surface area contributed by atoms with Crippen molar-refractivity contribution in [3.8, 4) is 5.75 Å². The standard InChI is InChI=1S/C11H11FO4/c1-15-8-4-3-7(9(12)6-8)5-10(13)11(14)16-2/h3-4,6H,5H2,1-2H3. The van der Waals surface area contributed by atoms with Gasteiger partial charge in [0.05, 0.1) is 14.2 Å². The lowest BCUT2D eigenvalue weighted by atomic mass is 10.1. The molecule has 0 aliphatic rings. The molecule has 16 heavy (non-hydrogen) atoms. The van der Waals surface area contributed by atoms with Gasteiger partial charge in [-0.15, -0.1) is 0 Å². The Morgan fingerprint density at radius 2 is 2.00 bits per heavy atom. The zero-order valence-corrected chi connectivity index (χ0v) is 8.95. The Hall–Kier alpha value is -1.91. The van der Waals surface area contributed by atoms with Crippen molar-refractivity contribution in [3.05, 3.63) is 29.6 Å². The Kier molecular flexibility index (Phi) is 3.99. The molecular weight excluding hydrogens is 215 g/mol. The van der Waals surface area contributed by atoms with Gasteiger partial charge >= 0.3 is 5.97 Å². The minimum Gasteiger partial charge on any atom is -0.497 e. The summed E-state index contributed by atoms with van der Waals surface area (Å²) in [6.07, 6.45) is -0.317. The number of hydrogen-bond donors (Lipinski definition) is 0. The van der Waals surface area contributed by atoms with E-state index in [1.807, 2.05) is 0 Å². The van der Waals surface area contributed by atoms with E-state index in [4.69, 9.17) is 4.74 Å². The number of Topliss-reactive ketones (excluding diaryl/α,β-unsaturated/α-hetero) is 1. The van der Waals surface area contributed by atoms with E-state index in [9.17, 15) is 14.0 Å². The average molecular weight is 226 g/mol. The molecule has 0 aromatic heterocycles. The lowest BCUT2D eigenvalue weighted by Crippen LogP contribution is -2.18. The molecule has 0 unspecified atom stereocenters. The highest BCUT2D eigenvalue weighted by Crippen LogP contribution is 2.16. The van der Waals surface area contributed by atoms with Crippen molar-refractivity contribution in [3.63, 3.8) is 0 Å². The zero-order valence-electron chi connectivity index (χ0n) is 8.95. The summed E-state index contributed by atoms with van der Waals surface area (Å²) < 4.78 is 22.4. The van der Waals surface area contributed by atoms with Crippen molar-refractivity contribution in [1.82, 2.24) is 0 Å². The van der Waals surface area contributed by atoms with Gasteiger partial charge < -0.3 is 9.47 Å². The van der Waals surface area contributed by atoms with Gasteiger partial charge in [0, 0.05) is 12.5 Å². The van der Waals surface area contributed by atoms with Gasteiger partial charge in [0.1, 0.15) is 11.6 Å². The lowest BCUT2D eigenvalue weighted by Gasteiger charge is -2.04. The van der Waals surface area contributed by atoms with E-state index in [-0.39, 0.29) is 12.0 Å². The fourth-order valence-corrected chi connectivity index (χ4v) is 1.16. The van der Waals surface area contributed by atoms with Crippen molar-refractivity contribution in [2.24, 2.45) is 0 Å². The number of carbonyl (C=O) groups is 2. The maximum Gasteiger partial charge on any atom is 0.374 e. The van der Waals surface area contributed by atoms with Gasteiger partial charge in [-0.25, -0.2) is 9.18 Å². The Balaban J connectivity index is 2.82. The third kappa shape index (κ3) is 2.79. The molecule has 0 saturated heterocycles. The second kappa shape index (κ2) is 5.25. The molecule has 4 nitrogen and oxygen atoms in total. The largest absolute Gasteiger partial charge is 0.497 e. The summed E-state index contributed by atoms with van der Waals surface area (Å²) in [5.41, 5.74) is 0.135. The number of methoxy groups -OCH3 is 2. The molecule has 0 fully saturated rings. The highest BCUT2D eigenvalue weighted by Gasteiger charge is 2.16. The molecule has 0 N–H and O–H groups in total. The second-order valence-electron chi connectivity index (χ2n) is 3.05. The first kappa shape index (κ1) is 12.2. The fourth-order valence-electron chi connectivity index (χ4n) is 1.16. The number of benzene rings is 1. The van der Waals surface area contributed by atoms with E-state index in [1.165, 1.54) is 19.2 Å². The Morgan fingerprint density at radius 3 is 2.50 bits per heavy atom. The first-order valence-corrected chi connectivity index (χ1v) is 4.52. The highest BCUT2D eigenvalue weighted by atomic mass is 19.1. The summed E-state index contributed by atoms with van der Waals surface area (Å²) in [6.45, 7) is 0. The SMILES string of the molecule is COC(=O)C(=O)Cc1ccc(OC)cc1F. The molecule has 0 aliphatic heterocycles. The van der Waals surface area contributed by atoms with Crippen LogP contribution in [-0.4, -0.2) is 26.0 Å². The van der Waals surface area contributed by atoms with Crippen LogP contribution in [0.2, 0.25) is 0 Å². The van der Waals surface area contributed by atoms with Crippen LogP contribution in [0.15, 0.2) is 18.2 Å². The van der Waals surface area contributed by atoms with Crippen LogP contribution >= 0.6 is 0 Å². The minimum absolute atomic E-state index is 0.135. The van der Waals surface area contributed by atoms with Crippen molar-refractivity contribution in [2.75, 3.05) is 14.2 Å². The molecule has 1 rings (SSSR count).